The Morgan fingerprint density at radius 2 is 1.64 bits per heavy atom. The van der Waals surface area contributed by atoms with E-state index in [-0.39, 0.29) is 17.0 Å². The number of fused-ring (bicyclic) bond motifs is 2. The molecule has 0 aromatic heterocycles. The molecule has 0 spiro atoms. The summed E-state index contributed by atoms with van der Waals surface area (Å²) in [5.41, 5.74) is 3.18. The van der Waals surface area contributed by atoms with E-state index in [0.717, 1.165) is 17.7 Å². The van der Waals surface area contributed by atoms with Gasteiger partial charge in [0.05, 0.1) is 13.2 Å². The molecular formula is C24H26BrNO2. The fourth-order valence-electron chi connectivity index (χ4n) is 4.48. The minimum atomic E-state index is -1.20. The topological polar surface area (TPSA) is 32.7 Å². The van der Waals surface area contributed by atoms with Gasteiger partial charge >= 0.3 is 0 Å². The SMILES string of the molecule is Br.OC1(c2ccc(-c3ccc4ccccc4c3)cc2)CN2CCCCC2CO1. The number of hydrogen-bond donors (Lipinski definition) is 1. The molecule has 146 valence electrons. The summed E-state index contributed by atoms with van der Waals surface area (Å²) in [7, 11) is 0. The maximum Gasteiger partial charge on any atom is 0.205 e. The first-order valence-electron chi connectivity index (χ1n) is 9.91. The smallest absolute Gasteiger partial charge is 0.205 e. The van der Waals surface area contributed by atoms with Crippen molar-refractivity contribution in [3.8, 4) is 11.1 Å². The predicted octanol–water partition coefficient (Wildman–Crippen LogP) is 5.11. The van der Waals surface area contributed by atoms with Gasteiger partial charge < -0.3 is 9.84 Å². The number of benzene rings is 3. The third-order valence-electron chi connectivity index (χ3n) is 6.10. The summed E-state index contributed by atoms with van der Waals surface area (Å²) in [6.07, 6.45) is 3.66. The predicted molar refractivity (Wildman–Crippen MR) is 119 cm³/mol. The summed E-state index contributed by atoms with van der Waals surface area (Å²) >= 11 is 0. The van der Waals surface area contributed by atoms with E-state index >= 15 is 0 Å². The molecule has 3 nitrogen and oxygen atoms in total. The first-order chi connectivity index (χ1) is 13.2. The van der Waals surface area contributed by atoms with E-state index in [1.54, 1.807) is 0 Å². The monoisotopic (exact) mass is 439 g/mol. The number of aliphatic hydroxyl groups is 1. The van der Waals surface area contributed by atoms with Crippen molar-refractivity contribution in [2.75, 3.05) is 19.7 Å². The molecule has 2 atom stereocenters. The average Bonchev–Trinajstić information content (AvgIpc) is 2.73. The third kappa shape index (κ3) is 3.62. The molecule has 2 aliphatic rings. The normalized spacial score (nSPS) is 25.1. The second-order valence-corrected chi connectivity index (χ2v) is 7.85. The highest BCUT2D eigenvalue weighted by molar-refractivity contribution is 8.93. The van der Waals surface area contributed by atoms with Gasteiger partial charge in [-0.2, -0.15) is 0 Å². The van der Waals surface area contributed by atoms with Crippen molar-refractivity contribution >= 4 is 27.8 Å². The van der Waals surface area contributed by atoms with Crippen molar-refractivity contribution < 1.29 is 9.84 Å². The summed E-state index contributed by atoms with van der Waals surface area (Å²) in [5.74, 6) is -1.20. The molecule has 2 aliphatic heterocycles. The fraction of sp³-hybridized carbons (Fsp3) is 0.333. The number of hydrogen-bond acceptors (Lipinski definition) is 3. The van der Waals surface area contributed by atoms with E-state index in [4.69, 9.17) is 4.74 Å². The molecule has 0 bridgehead atoms. The van der Waals surface area contributed by atoms with Crippen LogP contribution in [0, 0.1) is 0 Å². The molecule has 2 unspecified atom stereocenters. The van der Waals surface area contributed by atoms with Gasteiger partial charge in [-0.15, -0.1) is 17.0 Å². The van der Waals surface area contributed by atoms with Crippen LogP contribution in [-0.4, -0.2) is 35.7 Å². The van der Waals surface area contributed by atoms with Crippen LogP contribution in [0.5, 0.6) is 0 Å². The van der Waals surface area contributed by atoms with Crippen LogP contribution in [0.4, 0.5) is 0 Å². The highest BCUT2D eigenvalue weighted by atomic mass is 79.9. The molecule has 2 heterocycles. The molecule has 4 heteroatoms. The summed E-state index contributed by atoms with van der Waals surface area (Å²) < 4.78 is 5.94. The van der Waals surface area contributed by atoms with Crippen LogP contribution in [0.3, 0.4) is 0 Å². The zero-order valence-electron chi connectivity index (χ0n) is 15.9. The minimum absolute atomic E-state index is 0. The maximum atomic E-state index is 11.1. The molecule has 1 N–H and O–H groups in total. The van der Waals surface area contributed by atoms with Gasteiger partial charge in [0.15, 0.2) is 0 Å². The van der Waals surface area contributed by atoms with Gasteiger partial charge in [-0.3, -0.25) is 4.90 Å². The summed E-state index contributed by atoms with van der Waals surface area (Å²) in [4.78, 5) is 2.39. The standard InChI is InChI=1S/C24H25NO2.BrH/c26-24(17-25-14-4-3-7-23(25)16-27-24)22-12-10-19(11-13-22)21-9-8-18-5-1-2-6-20(18)15-21;/h1-2,5-6,8-13,15,23,26H,3-4,7,14,16-17H2;1H. The van der Waals surface area contributed by atoms with Crippen molar-refractivity contribution in [1.82, 2.24) is 4.90 Å². The molecule has 0 amide bonds. The van der Waals surface area contributed by atoms with Crippen molar-refractivity contribution in [3.63, 3.8) is 0 Å². The summed E-state index contributed by atoms with van der Waals surface area (Å²) in [5, 5.41) is 13.6. The van der Waals surface area contributed by atoms with E-state index in [1.165, 1.54) is 35.6 Å². The van der Waals surface area contributed by atoms with Crippen molar-refractivity contribution in [3.05, 3.63) is 72.3 Å². The van der Waals surface area contributed by atoms with Gasteiger partial charge in [-0.1, -0.05) is 67.1 Å². The van der Waals surface area contributed by atoms with Crippen LogP contribution in [0.15, 0.2) is 66.7 Å². The zero-order chi connectivity index (χ0) is 18.3. The van der Waals surface area contributed by atoms with Crippen LogP contribution in [0.2, 0.25) is 0 Å². The van der Waals surface area contributed by atoms with Gasteiger partial charge in [0.2, 0.25) is 5.79 Å². The number of nitrogens with zero attached hydrogens (tertiary/aromatic N) is 1. The van der Waals surface area contributed by atoms with Crippen LogP contribution < -0.4 is 0 Å². The molecule has 28 heavy (non-hydrogen) atoms. The van der Waals surface area contributed by atoms with Gasteiger partial charge in [0, 0.05) is 11.6 Å². The lowest BCUT2D eigenvalue weighted by Crippen LogP contribution is -2.56. The molecule has 0 radical (unpaired) electrons. The number of morpholine rings is 1. The van der Waals surface area contributed by atoms with Crippen LogP contribution >= 0.6 is 17.0 Å². The van der Waals surface area contributed by atoms with Crippen LogP contribution in [0.1, 0.15) is 24.8 Å². The van der Waals surface area contributed by atoms with Gasteiger partial charge in [-0.25, -0.2) is 0 Å². The van der Waals surface area contributed by atoms with E-state index in [9.17, 15) is 5.11 Å². The van der Waals surface area contributed by atoms with Crippen molar-refractivity contribution in [2.45, 2.75) is 31.1 Å². The average molecular weight is 440 g/mol. The Kier molecular flexibility index (Phi) is 5.57. The molecule has 2 saturated heterocycles. The Morgan fingerprint density at radius 1 is 0.893 bits per heavy atom. The Bertz CT molecular complexity index is 958. The highest BCUT2D eigenvalue weighted by Crippen LogP contribution is 2.34. The Hall–Kier alpha value is -1.72. The second kappa shape index (κ2) is 7.96. The van der Waals surface area contributed by atoms with E-state index in [2.05, 4.69) is 59.5 Å². The van der Waals surface area contributed by atoms with Crippen LogP contribution in [-0.2, 0) is 10.5 Å². The van der Waals surface area contributed by atoms with Crippen LogP contribution in [0.25, 0.3) is 21.9 Å². The second-order valence-electron chi connectivity index (χ2n) is 7.85. The van der Waals surface area contributed by atoms with Gasteiger partial charge in [-0.05, 0) is 47.4 Å². The molecule has 0 saturated carbocycles. The molecular weight excluding hydrogens is 414 g/mol. The fourth-order valence-corrected chi connectivity index (χ4v) is 4.48. The lowest BCUT2D eigenvalue weighted by molar-refractivity contribution is -0.264. The van der Waals surface area contributed by atoms with Crippen molar-refractivity contribution in [2.24, 2.45) is 0 Å². The molecule has 3 aromatic carbocycles. The molecule has 3 aromatic rings. The first kappa shape index (κ1) is 19.6. The number of halogens is 1. The van der Waals surface area contributed by atoms with Crippen molar-refractivity contribution in [1.29, 1.82) is 0 Å². The number of piperidine rings is 1. The maximum absolute atomic E-state index is 11.1. The zero-order valence-corrected chi connectivity index (χ0v) is 17.6. The summed E-state index contributed by atoms with van der Waals surface area (Å²) in [6, 6.07) is 23.6. The molecule has 2 fully saturated rings. The van der Waals surface area contributed by atoms with Gasteiger partial charge in [0.25, 0.3) is 0 Å². The largest absolute Gasteiger partial charge is 0.361 e. The molecule has 5 rings (SSSR count). The Morgan fingerprint density at radius 3 is 2.46 bits per heavy atom. The van der Waals surface area contributed by atoms with E-state index in [1.807, 2.05) is 12.1 Å². The van der Waals surface area contributed by atoms with E-state index in [0.29, 0.717) is 19.2 Å². The third-order valence-corrected chi connectivity index (χ3v) is 6.10. The van der Waals surface area contributed by atoms with E-state index < -0.39 is 5.79 Å². The summed E-state index contributed by atoms with van der Waals surface area (Å²) in [6.45, 7) is 2.24. The first-order valence-corrected chi connectivity index (χ1v) is 9.91. The Labute approximate surface area is 176 Å². The minimum Gasteiger partial charge on any atom is -0.361 e. The Balaban J connectivity index is 0.00000192. The quantitative estimate of drug-likeness (QED) is 0.601. The lowest BCUT2D eigenvalue weighted by atomic mass is 9.94. The number of rotatable bonds is 2. The lowest BCUT2D eigenvalue weighted by Gasteiger charge is -2.46. The van der Waals surface area contributed by atoms with Gasteiger partial charge in [0.1, 0.15) is 0 Å². The number of ether oxygens (including phenoxy) is 1. The molecule has 0 aliphatic carbocycles. The highest BCUT2D eigenvalue weighted by Gasteiger charge is 2.41.